The Kier molecular flexibility index (Phi) is 4.09. The first kappa shape index (κ1) is 19.0. The van der Waals surface area contributed by atoms with E-state index in [1.807, 2.05) is 25.1 Å². The predicted molar refractivity (Wildman–Crippen MR) is 108 cm³/mol. The lowest BCUT2D eigenvalue weighted by Crippen LogP contribution is -2.73. The molecule has 0 N–H and O–H groups in total. The van der Waals surface area contributed by atoms with E-state index in [-0.39, 0.29) is 18.2 Å². The van der Waals surface area contributed by atoms with Gasteiger partial charge < -0.3 is 14.5 Å². The molecule has 4 saturated heterocycles. The molecule has 0 aliphatic carbocycles. The molecule has 27 heavy (non-hydrogen) atoms. The molecule has 142 valence electrons. The Labute approximate surface area is 174 Å². The fourth-order valence-corrected chi connectivity index (χ4v) is 8.26. The maximum Gasteiger partial charge on any atom is 0.261 e. The van der Waals surface area contributed by atoms with Crippen LogP contribution in [0.25, 0.3) is 0 Å². The number of methoxy groups -OCH3 is 1. The minimum absolute atomic E-state index is 0.119. The van der Waals surface area contributed by atoms with Crippen LogP contribution >= 0.6 is 37.5 Å². The number of nitrogens with zero attached hydrogens (tertiary/aromatic N) is 3. The third kappa shape index (κ3) is 2.21. The second-order valence-electron chi connectivity index (χ2n) is 7.47. The van der Waals surface area contributed by atoms with Crippen LogP contribution in [-0.4, -0.2) is 45.5 Å². The van der Waals surface area contributed by atoms with Crippen molar-refractivity contribution in [1.82, 2.24) is 9.80 Å². The van der Waals surface area contributed by atoms with Crippen molar-refractivity contribution in [2.75, 3.05) is 14.2 Å². The highest BCUT2D eigenvalue weighted by Crippen LogP contribution is 2.69. The van der Waals surface area contributed by atoms with Gasteiger partial charge in [0.15, 0.2) is 9.74 Å². The van der Waals surface area contributed by atoms with Gasteiger partial charge in [-0.2, -0.15) is 5.26 Å². The average Bonchev–Trinajstić information content (AvgIpc) is 2.93. The molecule has 1 spiro atoms. The van der Waals surface area contributed by atoms with Crippen LogP contribution in [0.2, 0.25) is 0 Å². The molecule has 1 unspecified atom stereocenters. The Morgan fingerprint density at radius 2 is 2.00 bits per heavy atom. The van der Waals surface area contributed by atoms with Crippen LogP contribution in [-0.2, 0) is 9.59 Å². The Balaban J connectivity index is 1.98. The molecule has 2 bridgehead atoms. The van der Waals surface area contributed by atoms with Gasteiger partial charge in [0.05, 0.1) is 24.6 Å². The Hall–Kier alpha value is -1.37. The molecule has 4 aliphatic heterocycles. The van der Waals surface area contributed by atoms with Crippen LogP contribution in [0.4, 0.5) is 0 Å². The number of nitriles is 1. The molecule has 5 rings (SSSR count). The molecule has 9 heteroatoms. The van der Waals surface area contributed by atoms with E-state index in [2.05, 4.69) is 22.0 Å². The fourth-order valence-electron chi connectivity index (χ4n) is 4.30. The van der Waals surface area contributed by atoms with Crippen LogP contribution in [0.3, 0.4) is 0 Å². The van der Waals surface area contributed by atoms with Crippen molar-refractivity contribution in [2.24, 2.45) is 5.41 Å². The molecule has 0 saturated carbocycles. The molecule has 4 heterocycles. The van der Waals surface area contributed by atoms with Gasteiger partial charge in [-0.25, -0.2) is 0 Å². The van der Waals surface area contributed by atoms with Crippen LogP contribution in [0.15, 0.2) is 22.7 Å². The maximum atomic E-state index is 13.5. The number of carbonyl (C=O) groups is 2. The number of ether oxygens (including phenoxy) is 1. The van der Waals surface area contributed by atoms with E-state index < -0.39 is 21.2 Å². The standard InChI is InChI=1S/C18H18BrN3O3S2/c1-16(9-20)8-18-15(24)21(3)17(2,26-27-18)14(23)22(18)13(16)11-7-10(19)5-6-12(11)25-4/h5-7,13H,8H2,1-4H3/t13?,16-,17+,18+/m1/s1. The number of carbonyl (C=O) groups excluding carboxylic acids is 2. The summed E-state index contributed by atoms with van der Waals surface area (Å²) in [4.78, 5) is 28.0. The van der Waals surface area contributed by atoms with Crippen molar-refractivity contribution >= 4 is 49.3 Å². The van der Waals surface area contributed by atoms with Crippen LogP contribution < -0.4 is 4.74 Å². The average molecular weight is 468 g/mol. The monoisotopic (exact) mass is 467 g/mol. The molecule has 4 fully saturated rings. The van der Waals surface area contributed by atoms with E-state index in [0.717, 1.165) is 10.0 Å². The Morgan fingerprint density at radius 1 is 1.30 bits per heavy atom. The van der Waals surface area contributed by atoms with Crippen molar-refractivity contribution in [3.8, 4) is 11.8 Å². The van der Waals surface area contributed by atoms with Crippen molar-refractivity contribution in [1.29, 1.82) is 5.26 Å². The van der Waals surface area contributed by atoms with E-state index in [1.165, 1.54) is 26.5 Å². The number of rotatable bonds is 2. The minimum atomic E-state index is -1.07. The number of halogens is 1. The summed E-state index contributed by atoms with van der Waals surface area (Å²) in [5.41, 5.74) is -0.193. The number of piperazine rings is 1. The summed E-state index contributed by atoms with van der Waals surface area (Å²) in [6.45, 7) is 3.59. The van der Waals surface area contributed by atoms with E-state index in [4.69, 9.17) is 4.74 Å². The molecular formula is C18H18BrN3O3S2. The molecular weight excluding hydrogens is 450 g/mol. The summed E-state index contributed by atoms with van der Waals surface area (Å²) in [5, 5.41) is 10.1. The summed E-state index contributed by atoms with van der Waals surface area (Å²) < 4.78 is 6.37. The Morgan fingerprint density at radius 3 is 2.63 bits per heavy atom. The first-order valence-corrected chi connectivity index (χ1v) is 11.3. The second-order valence-corrected chi connectivity index (χ2v) is 11.2. The highest BCUT2D eigenvalue weighted by atomic mass is 79.9. The lowest BCUT2D eigenvalue weighted by Gasteiger charge is -2.57. The summed E-state index contributed by atoms with van der Waals surface area (Å²) in [7, 11) is 6.05. The largest absolute Gasteiger partial charge is 0.496 e. The van der Waals surface area contributed by atoms with Crippen molar-refractivity contribution in [3.05, 3.63) is 28.2 Å². The van der Waals surface area contributed by atoms with E-state index in [1.54, 1.807) is 26.0 Å². The van der Waals surface area contributed by atoms with Gasteiger partial charge >= 0.3 is 0 Å². The topological polar surface area (TPSA) is 73.6 Å². The van der Waals surface area contributed by atoms with Gasteiger partial charge in [0.1, 0.15) is 5.75 Å². The third-order valence-corrected chi connectivity index (χ3v) is 10.0. The predicted octanol–water partition coefficient (Wildman–Crippen LogP) is 3.54. The lowest BCUT2D eigenvalue weighted by molar-refractivity contribution is -0.164. The van der Waals surface area contributed by atoms with Crippen LogP contribution in [0.5, 0.6) is 5.75 Å². The normalized spacial score (nSPS) is 37.4. The van der Waals surface area contributed by atoms with Crippen LogP contribution in [0.1, 0.15) is 31.9 Å². The molecule has 2 amide bonds. The van der Waals surface area contributed by atoms with Crippen LogP contribution in [0, 0.1) is 16.7 Å². The van der Waals surface area contributed by atoms with E-state index in [9.17, 15) is 14.9 Å². The molecule has 1 aromatic rings. The maximum absolute atomic E-state index is 13.5. The number of hydrogen-bond donors (Lipinski definition) is 0. The first-order valence-electron chi connectivity index (χ1n) is 8.38. The lowest BCUT2D eigenvalue weighted by atomic mass is 9.79. The Bertz CT molecular complexity index is 922. The van der Waals surface area contributed by atoms with Gasteiger partial charge in [0.25, 0.3) is 11.8 Å². The van der Waals surface area contributed by atoms with Gasteiger partial charge in [-0.15, -0.1) is 0 Å². The van der Waals surface area contributed by atoms with Crippen molar-refractivity contribution in [3.63, 3.8) is 0 Å². The zero-order valence-corrected chi connectivity index (χ0v) is 18.5. The van der Waals surface area contributed by atoms with Crippen molar-refractivity contribution in [2.45, 2.75) is 36.1 Å². The smallest absolute Gasteiger partial charge is 0.261 e. The van der Waals surface area contributed by atoms with E-state index >= 15 is 0 Å². The number of hydrogen-bond acceptors (Lipinski definition) is 6. The van der Waals surface area contributed by atoms with Crippen molar-refractivity contribution < 1.29 is 14.3 Å². The summed E-state index contributed by atoms with van der Waals surface area (Å²) in [6, 6.07) is 7.37. The molecule has 4 aliphatic rings. The number of benzene rings is 1. The van der Waals surface area contributed by atoms with Gasteiger partial charge in [0.2, 0.25) is 0 Å². The number of amides is 2. The molecule has 6 nitrogen and oxygen atoms in total. The first-order chi connectivity index (χ1) is 12.6. The quantitative estimate of drug-likeness (QED) is 0.619. The second kappa shape index (κ2) is 5.82. The third-order valence-electron chi connectivity index (χ3n) is 5.84. The molecule has 4 atom stereocenters. The summed E-state index contributed by atoms with van der Waals surface area (Å²) in [5.74, 6) is 0.338. The SMILES string of the molecule is COc1ccc(Br)cc1C1N2C(=O)[C@]3(C)SS[C@@]2(C[C@]1(C)C#N)C(=O)N3C. The van der Waals surface area contributed by atoms with Gasteiger partial charge in [0, 0.05) is 23.5 Å². The number of likely N-dealkylation sites (N-methyl/N-ethyl adjacent to an activating group) is 1. The molecule has 0 radical (unpaired) electrons. The molecule has 0 aromatic heterocycles. The van der Waals surface area contributed by atoms with Gasteiger partial charge in [-0.1, -0.05) is 37.5 Å². The van der Waals surface area contributed by atoms with E-state index in [0.29, 0.717) is 5.75 Å². The zero-order chi connectivity index (χ0) is 19.8. The summed E-state index contributed by atoms with van der Waals surface area (Å²) in [6.07, 6.45) is 0.277. The number of fused-ring (bicyclic) bond motifs is 2. The molecule has 1 aromatic carbocycles. The fraction of sp³-hybridized carbons (Fsp3) is 0.500. The van der Waals surface area contributed by atoms with Gasteiger partial charge in [-0.05, 0) is 32.0 Å². The minimum Gasteiger partial charge on any atom is -0.496 e. The highest BCUT2D eigenvalue weighted by molar-refractivity contribution is 9.10. The highest BCUT2D eigenvalue weighted by Gasteiger charge is 2.75. The van der Waals surface area contributed by atoms with Gasteiger partial charge in [-0.3, -0.25) is 9.59 Å². The zero-order valence-electron chi connectivity index (χ0n) is 15.3. The summed E-state index contributed by atoms with van der Waals surface area (Å²) >= 11 is 3.48.